The van der Waals surface area contributed by atoms with Crippen molar-refractivity contribution in [1.82, 2.24) is 0 Å². The van der Waals surface area contributed by atoms with Gasteiger partial charge in [0, 0.05) is 19.3 Å². The quantitative estimate of drug-likeness (QED) is 0.588. The van der Waals surface area contributed by atoms with Crippen molar-refractivity contribution in [1.29, 1.82) is 0 Å². The summed E-state index contributed by atoms with van der Waals surface area (Å²) >= 11 is 0. The summed E-state index contributed by atoms with van der Waals surface area (Å²) in [6.45, 7) is 2.62. The summed E-state index contributed by atoms with van der Waals surface area (Å²) in [5.41, 5.74) is 6.17. The number of carbonyl (C=O) groups is 1. The first-order chi connectivity index (χ1) is 9.90. The number of methoxy groups -OCH3 is 2. The van der Waals surface area contributed by atoms with Crippen LogP contribution in [0.3, 0.4) is 0 Å². The number of anilines is 1. The average Bonchev–Trinajstić information content (AvgIpc) is 2.50. The van der Waals surface area contributed by atoms with Gasteiger partial charge in [-0.25, -0.2) is 0 Å². The number of unbranched alkanes of at least 4 members (excludes halogenated alkanes) is 1. The molecule has 21 heavy (non-hydrogen) atoms. The summed E-state index contributed by atoms with van der Waals surface area (Å²) < 4.78 is 9.84. The number of hydrogen-bond donors (Lipinski definition) is 1. The van der Waals surface area contributed by atoms with Crippen LogP contribution in [0.25, 0.3) is 0 Å². The first-order valence-electron chi connectivity index (χ1n) is 7.13. The van der Waals surface area contributed by atoms with Gasteiger partial charge in [-0.2, -0.15) is 0 Å². The largest absolute Gasteiger partial charge is 0.497 e. The Hall–Kier alpha value is -1.75. The third-order valence-electron chi connectivity index (χ3n) is 3.60. The Labute approximate surface area is 127 Å². The minimum absolute atomic E-state index is 0.356. The fraction of sp³-hybridized carbons (Fsp3) is 0.562. The molecule has 0 bridgehead atoms. The van der Waals surface area contributed by atoms with Crippen LogP contribution >= 0.6 is 0 Å². The number of nitrogens with two attached hydrogens (primary N) is 1. The topological polar surface area (TPSA) is 64.8 Å². The summed E-state index contributed by atoms with van der Waals surface area (Å²) in [6, 6.07) is 7.95. The monoisotopic (exact) mass is 294 g/mol. The van der Waals surface area contributed by atoms with Crippen LogP contribution in [0.15, 0.2) is 24.3 Å². The zero-order chi connectivity index (χ0) is 15.9. The van der Waals surface area contributed by atoms with Gasteiger partial charge in [-0.3, -0.25) is 4.79 Å². The van der Waals surface area contributed by atoms with Gasteiger partial charge in [-0.15, -0.1) is 0 Å². The van der Waals surface area contributed by atoms with Crippen molar-refractivity contribution in [2.45, 2.75) is 31.7 Å². The molecule has 1 aromatic rings. The number of nitrogens with zero attached hydrogens (tertiary/aromatic N) is 1. The third kappa shape index (κ3) is 5.27. The first kappa shape index (κ1) is 17.3. The number of carbonyl (C=O) groups excluding carboxylic acids is 1. The van der Waals surface area contributed by atoms with E-state index in [0.717, 1.165) is 30.8 Å². The van der Waals surface area contributed by atoms with Crippen LogP contribution in [0.1, 0.15) is 26.2 Å². The second-order valence-electron chi connectivity index (χ2n) is 5.49. The SMILES string of the molecule is COC(=O)C(C)(N)CCCCN(C)c1ccc(OC)cc1. The molecule has 0 fully saturated rings. The smallest absolute Gasteiger partial charge is 0.325 e. The summed E-state index contributed by atoms with van der Waals surface area (Å²) in [5, 5.41) is 0. The van der Waals surface area contributed by atoms with E-state index in [0.29, 0.717) is 6.42 Å². The number of ether oxygens (including phenoxy) is 2. The van der Waals surface area contributed by atoms with Crippen LogP contribution < -0.4 is 15.4 Å². The van der Waals surface area contributed by atoms with Crippen LogP contribution in [-0.2, 0) is 9.53 Å². The van der Waals surface area contributed by atoms with E-state index < -0.39 is 5.54 Å². The molecule has 118 valence electrons. The molecule has 0 saturated carbocycles. The predicted molar refractivity (Wildman–Crippen MR) is 84.7 cm³/mol. The van der Waals surface area contributed by atoms with Crippen molar-refractivity contribution in [3.8, 4) is 5.75 Å². The van der Waals surface area contributed by atoms with Crippen molar-refractivity contribution >= 4 is 11.7 Å². The normalized spacial score (nSPS) is 13.4. The van der Waals surface area contributed by atoms with E-state index in [1.165, 1.54) is 7.11 Å². The van der Waals surface area contributed by atoms with Gasteiger partial charge in [0.2, 0.25) is 0 Å². The van der Waals surface area contributed by atoms with E-state index in [9.17, 15) is 4.79 Å². The zero-order valence-electron chi connectivity index (χ0n) is 13.4. The minimum Gasteiger partial charge on any atom is -0.497 e. The highest BCUT2D eigenvalue weighted by Gasteiger charge is 2.28. The molecule has 5 heteroatoms. The maximum absolute atomic E-state index is 11.5. The lowest BCUT2D eigenvalue weighted by Crippen LogP contribution is -2.45. The molecule has 0 spiro atoms. The summed E-state index contributed by atoms with van der Waals surface area (Å²) in [7, 11) is 5.07. The van der Waals surface area contributed by atoms with Crippen LogP contribution in [0, 0.1) is 0 Å². The second-order valence-corrected chi connectivity index (χ2v) is 5.49. The number of benzene rings is 1. The Morgan fingerprint density at radius 3 is 2.38 bits per heavy atom. The van der Waals surface area contributed by atoms with Gasteiger partial charge < -0.3 is 20.1 Å². The second kappa shape index (κ2) is 7.88. The van der Waals surface area contributed by atoms with Crippen molar-refractivity contribution in [2.24, 2.45) is 5.73 Å². The third-order valence-corrected chi connectivity index (χ3v) is 3.60. The molecule has 1 unspecified atom stereocenters. The van der Waals surface area contributed by atoms with Gasteiger partial charge in [-0.1, -0.05) is 0 Å². The molecular formula is C16H26N2O3. The number of hydrogen-bond acceptors (Lipinski definition) is 5. The van der Waals surface area contributed by atoms with Crippen molar-refractivity contribution in [2.75, 3.05) is 32.7 Å². The van der Waals surface area contributed by atoms with Crippen molar-refractivity contribution in [3.05, 3.63) is 24.3 Å². The molecule has 5 nitrogen and oxygen atoms in total. The predicted octanol–water partition coefficient (Wildman–Crippen LogP) is 2.19. The summed E-state index contributed by atoms with van der Waals surface area (Å²) in [4.78, 5) is 13.6. The maximum Gasteiger partial charge on any atom is 0.325 e. The van der Waals surface area contributed by atoms with Gasteiger partial charge in [0.05, 0.1) is 14.2 Å². The molecule has 2 N–H and O–H groups in total. The highest BCUT2D eigenvalue weighted by Crippen LogP contribution is 2.19. The maximum atomic E-state index is 11.5. The van der Waals surface area contributed by atoms with Crippen LogP contribution in [0.5, 0.6) is 5.75 Å². The molecule has 1 rings (SSSR count). The average molecular weight is 294 g/mol. The Morgan fingerprint density at radius 1 is 1.24 bits per heavy atom. The van der Waals surface area contributed by atoms with Crippen LogP contribution in [0.2, 0.25) is 0 Å². The number of rotatable bonds is 8. The van der Waals surface area contributed by atoms with E-state index in [1.54, 1.807) is 14.0 Å². The number of esters is 1. The van der Waals surface area contributed by atoms with E-state index >= 15 is 0 Å². The zero-order valence-corrected chi connectivity index (χ0v) is 13.4. The van der Waals surface area contributed by atoms with E-state index in [-0.39, 0.29) is 5.97 Å². The molecule has 0 aromatic heterocycles. The van der Waals surface area contributed by atoms with Crippen molar-refractivity contribution in [3.63, 3.8) is 0 Å². The fourth-order valence-corrected chi connectivity index (χ4v) is 2.14. The highest BCUT2D eigenvalue weighted by molar-refractivity contribution is 5.79. The Kier molecular flexibility index (Phi) is 6.49. The van der Waals surface area contributed by atoms with Crippen LogP contribution in [-0.4, -0.2) is 39.3 Å². The van der Waals surface area contributed by atoms with Gasteiger partial charge >= 0.3 is 5.97 Å². The van der Waals surface area contributed by atoms with Gasteiger partial charge in [0.1, 0.15) is 11.3 Å². The van der Waals surface area contributed by atoms with Gasteiger partial charge in [0.25, 0.3) is 0 Å². The molecule has 1 aromatic carbocycles. The Morgan fingerprint density at radius 2 is 1.86 bits per heavy atom. The minimum atomic E-state index is -0.895. The lowest BCUT2D eigenvalue weighted by molar-refractivity contribution is -0.146. The summed E-state index contributed by atoms with van der Waals surface area (Å²) in [5.74, 6) is 0.495. The first-order valence-corrected chi connectivity index (χ1v) is 7.13. The van der Waals surface area contributed by atoms with E-state index in [4.69, 9.17) is 15.2 Å². The van der Waals surface area contributed by atoms with Crippen LogP contribution in [0.4, 0.5) is 5.69 Å². The molecule has 0 radical (unpaired) electrons. The lowest BCUT2D eigenvalue weighted by Gasteiger charge is -2.23. The van der Waals surface area contributed by atoms with Gasteiger partial charge in [-0.05, 0) is 50.5 Å². The standard InChI is InChI=1S/C16H26N2O3/c1-16(17,15(19)21-4)11-5-6-12-18(2)13-7-9-14(20-3)10-8-13/h7-10H,5-6,11-12,17H2,1-4H3. The van der Waals surface area contributed by atoms with E-state index in [2.05, 4.69) is 4.90 Å². The Balaban J connectivity index is 2.36. The summed E-state index contributed by atoms with van der Waals surface area (Å²) in [6.07, 6.45) is 2.46. The lowest BCUT2D eigenvalue weighted by atomic mass is 9.96. The molecule has 0 aliphatic carbocycles. The molecule has 0 aliphatic heterocycles. The van der Waals surface area contributed by atoms with Gasteiger partial charge in [0.15, 0.2) is 0 Å². The fourth-order valence-electron chi connectivity index (χ4n) is 2.14. The van der Waals surface area contributed by atoms with Crippen molar-refractivity contribution < 1.29 is 14.3 Å². The molecule has 0 aliphatic rings. The molecular weight excluding hydrogens is 268 g/mol. The molecule has 0 heterocycles. The Bertz CT molecular complexity index is 443. The molecule has 1 atom stereocenters. The highest BCUT2D eigenvalue weighted by atomic mass is 16.5. The molecule has 0 saturated heterocycles. The van der Waals surface area contributed by atoms with E-state index in [1.807, 2.05) is 31.3 Å². The molecule has 0 amide bonds.